The summed E-state index contributed by atoms with van der Waals surface area (Å²) < 4.78 is 2.07. The first-order valence-electron chi connectivity index (χ1n) is 7.32. The van der Waals surface area contributed by atoms with E-state index in [1.807, 2.05) is 12.3 Å². The molecule has 1 aromatic heterocycles. The third kappa shape index (κ3) is 3.05. The van der Waals surface area contributed by atoms with E-state index in [1.165, 1.54) is 29.7 Å². The van der Waals surface area contributed by atoms with Crippen LogP contribution >= 0.6 is 11.6 Å². The van der Waals surface area contributed by atoms with Gasteiger partial charge < -0.3 is 5.32 Å². The van der Waals surface area contributed by atoms with Crippen LogP contribution in [0.3, 0.4) is 0 Å². The summed E-state index contributed by atoms with van der Waals surface area (Å²) in [6.45, 7) is 3.99. The molecule has 106 valence electrons. The smallest absolute Gasteiger partial charge is 0.0685 e. The van der Waals surface area contributed by atoms with Gasteiger partial charge in [-0.25, -0.2) is 0 Å². The van der Waals surface area contributed by atoms with Crippen LogP contribution in [-0.4, -0.2) is 15.8 Å². The molecule has 1 fully saturated rings. The number of rotatable bonds is 6. The van der Waals surface area contributed by atoms with Crippen LogP contribution in [0.25, 0.3) is 11.3 Å². The minimum absolute atomic E-state index is 0.697. The van der Waals surface area contributed by atoms with Gasteiger partial charge in [0, 0.05) is 35.9 Å². The Hall–Kier alpha value is -1.32. The van der Waals surface area contributed by atoms with Crippen LogP contribution in [0.2, 0.25) is 5.02 Å². The van der Waals surface area contributed by atoms with Crippen LogP contribution < -0.4 is 5.32 Å². The van der Waals surface area contributed by atoms with Crippen molar-refractivity contribution in [2.45, 2.75) is 45.3 Å². The largest absolute Gasteiger partial charge is 0.310 e. The molecule has 1 aliphatic rings. The topological polar surface area (TPSA) is 29.9 Å². The lowest BCUT2D eigenvalue weighted by Gasteiger charge is -2.13. The molecule has 0 amide bonds. The molecule has 1 saturated carbocycles. The Morgan fingerprint density at radius 2 is 2.20 bits per heavy atom. The normalized spacial score (nSPS) is 14.7. The van der Waals surface area contributed by atoms with E-state index in [0.29, 0.717) is 6.04 Å². The van der Waals surface area contributed by atoms with Crippen molar-refractivity contribution in [3.63, 3.8) is 0 Å². The van der Waals surface area contributed by atoms with Crippen molar-refractivity contribution in [1.82, 2.24) is 15.1 Å². The summed E-state index contributed by atoms with van der Waals surface area (Å²) in [6, 6.07) is 8.91. The molecule has 0 spiro atoms. The SMILES string of the molecule is CCCn1nccc1-c1ccc(Cl)cc1CNC1CC1. The molecule has 0 radical (unpaired) electrons. The quantitative estimate of drug-likeness (QED) is 0.875. The predicted octanol–water partition coefficient (Wildman–Crippen LogP) is 3.87. The fourth-order valence-electron chi connectivity index (χ4n) is 2.45. The van der Waals surface area contributed by atoms with Crippen molar-refractivity contribution < 1.29 is 0 Å². The Morgan fingerprint density at radius 1 is 1.35 bits per heavy atom. The summed E-state index contributed by atoms with van der Waals surface area (Å²) in [4.78, 5) is 0. The number of aryl methyl sites for hydroxylation is 1. The second kappa shape index (κ2) is 5.98. The van der Waals surface area contributed by atoms with Gasteiger partial charge in [-0.3, -0.25) is 4.68 Å². The maximum absolute atomic E-state index is 6.16. The highest BCUT2D eigenvalue weighted by molar-refractivity contribution is 6.30. The van der Waals surface area contributed by atoms with E-state index in [-0.39, 0.29) is 0 Å². The average molecular weight is 290 g/mol. The summed E-state index contributed by atoms with van der Waals surface area (Å²) in [5.74, 6) is 0. The molecule has 1 N–H and O–H groups in total. The number of hydrogen-bond acceptors (Lipinski definition) is 2. The van der Waals surface area contributed by atoms with Crippen molar-refractivity contribution in [3.05, 3.63) is 41.0 Å². The average Bonchev–Trinajstić information content (AvgIpc) is 3.16. The number of halogens is 1. The van der Waals surface area contributed by atoms with Crippen molar-refractivity contribution in [2.75, 3.05) is 0 Å². The first-order valence-corrected chi connectivity index (χ1v) is 7.69. The highest BCUT2D eigenvalue weighted by atomic mass is 35.5. The van der Waals surface area contributed by atoms with Gasteiger partial charge in [0.1, 0.15) is 0 Å². The Labute approximate surface area is 124 Å². The highest BCUT2D eigenvalue weighted by Gasteiger charge is 2.21. The zero-order valence-electron chi connectivity index (χ0n) is 11.8. The molecule has 0 aliphatic heterocycles. The molecule has 1 aromatic carbocycles. The molecule has 3 nitrogen and oxygen atoms in total. The minimum atomic E-state index is 0.697. The number of nitrogens with zero attached hydrogens (tertiary/aromatic N) is 2. The molecule has 0 saturated heterocycles. The van der Waals surface area contributed by atoms with E-state index in [4.69, 9.17) is 11.6 Å². The van der Waals surface area contributed by atoms with Gasteiger partial charge in [-0.15, -0.1) is 0 Å². The first kappa shape index (κ1) is 13.7. The highest BCUT2D eigenvalue weighted by Crippen LogP contribution is 2.28. The fraction of sp³-hybridized carbons (Fsp3) is 0.438. The van der Waals surface area contributed by atoms with Crippen LogP contribution in [0.5, 0.6) is 0 Å². The van der Waals surface area contributed by atoms with E-state index >= 15 is 0 Å². The number of aromatic nitrogens is 2. The van der Waals surface area contributed by atoms with E-state index in [0.717, 1.165) is 24.5 Å². The van der Waals surface area contributed by atoms with Crippen LogP contribution in [-0.2, 0) is 13.1 Å². The Morgan fingerprint density at radius 3 is 2.95 bits per heavy atom. The number of hydrogen-bond donors (Lipinski definition) is 1. The number of nitrogens with one attached hydrogen (secondary N) is 1. The van der Waals surface area contributed by atoms with Gasteiger partial charge in [0.2, 0.25) is 0 Å². The second-order valence-electron chi connectivity index (χ2n) is 5.40. The summed E-state index contributed by atoms with van der Waals surface area (Å²) in [5.41, 5.74) is 3.66. The van der Waals surface area contributed by atoms with Crippen molar-refractivity contribution >= 4 is 11.6 Å². The molecule has 0 unspecified atom stereocenters. The summed E-state index contributed by atoms with van der Waals surface area (Å²) in [5, 5.41) is 8.78. The monoisotopic (exact) mass is 289 g/mol. The van der Waals surface area contributed by atoms with Crippen molar-refractivity contribution in [2.24, 2.45) is 0 Å². The molecule has 1 heterocycles. The maximum Gasteiger partial charge on any atom is 0.0685 e. The molecule has 0 bridgehead atoms. The Balaban J connectivity index is 1.91. The van der Waals surface area contributed by atoms with Gasteiger partial charge in [-0.2, -0.15) is 5.10 Å². The standard InChI is InChI=1S/C16H20ClN3/c1-2-9-20-16(7-8-19-20)15-6-3-13(17)10-12(15)11-18-14-4-5-14/h3,6-8,10,14,18H,2,4-5,9,11H2,1H3. The Kier molecular flexibility index (Phi) is 4.08. The fourth-order valence-corrected chi connectivity index (χ4v) is 2.65. The molecule has 20 heavy (non-hydrogen) atoms. The second-order valence-corrected chi connectivity index (χ2v) is 5.83. The summed E-state index contributed by atoms with van der Waals surface area (Å²) in [7, 11) is 0. The molecular weight excluding hydrogens is 270 g/mol. The molecule has 1 aliphatic carbocycles. The third-order valence-electron chi connectivity index (χ3n) is 3.65. The summed E-state index contributed by atoms with van der Waals surface area (Å²) >= 11 is 6.16. The first-order chi connectivity index (χ1) is 9.78. The van der Waals surface area contributed by atoms with Crippen molar-refractivity contribution in [1.29, 1.82) is 0 Å². The predicted molar refractivity (Wildman–Crippen MR) is 82.8 cm³/mol. The van der Waals surface area contributed by atoms with Gasteiger partial charge >= 0.3 is 0 Å². The van der Waals surface area contributed by atoms with E-state index < -0.39 is 0 Å². The molecule has 2 aromatic rings. The van der Waals surface area contributed by atoms with Crippen LogP contribution in [0.1, 0.15) is 31.7 Å². The van der Waals surface area contributed by atoms with Crippen LogP contribution in [0.15, 0.2) is 30.5 Å². The minimum Gasteiger partial charge on any atom is -0.310 e. The van der Waals surface area contributed by atoms with Crippen molar-refractivity contribution in [3.8, 4) is 11.3 Å². The third-order valence-corrected chi connectivity index (χ3v) is 3.89. The molecule has 0 atom stereocenters. The molecule has 3 rings (SSSR count). The van der Waals surface area contributed by atoms with Gasteiger partial charge in [-0.1, -0.05) is 24.6 Å². The lowest BCUT2D eigenvalue weighted by atomic mass is 10.0. The van der Waals surface area contributed by atoms with E-state index in [2.05, 4.69) is 40.2 Å². The van der Waals surface area contributed by atoms with E-state index in [1.54, 1.807) is 0 Å². The Bertz CT molecular complexity index is 587. The van der Waals surface area contributed by atoms with Gasteiger partial charge in [-0.05, 0) is 43.0 Å². The number of benzene rings is 1. The van der Waals surface area contributed by atoms with Gasteiger partial charge in [0.25, 0.3) is 0 Å². The maximum atomic E-state index is 6.16. The zero-order chi connectivity index (χ0) is 13.9. The van der Waals surface area contributed by atoms with Crippen LogP contribution in [0.4, 0.5) is 0 Å². The van der Waals surface area contributed by atoms with E-state index in [9.17, 15) is 0 Å². The lowest BCUT2D eigenvalue weighted by Crippen LogP contribution is -2.16. The molecular formula is C16H20ClN3. The van der Waals surface area contributed by atoms with Gasteiger partial charge in [0.05, 0.1) is 5.69 Å². The van der Waals surface area contributed by atoms with Crippen LogP contribution in [0, 0.1) is 0 Å². The summed E-state index contributed by atoms with van der Waals surface area (Å²) in [6.07, 6.45) is 5.54. The lowest BCUT2D eigenvalue weighted by molar-refractivity contribution is 0.608. The zero-order valence-corrected chi connectivity index (χ0v) is 12.5. The van der Waals surface area contributed by atoms with Gasteiger partial charge in [0.15, 0.2) is 0 Å². The molecule has 4 heteroatoms.